The molecule has 24 heavy (non-hydrogen) atoms. The highest BCUT2D eigenvalue weighted by molar-refractivity contribution is 5.75. The summed E-state index contributed by atoms with van der Waals surface area (Å²) in [7, 11) is 0. The van der Waals surface area contributed by atoms with Crippen molar-refractivity contribution in [2.24, 2.45) is 5.73 Å². The summed E-state index contributed by atoms with van der Waals surface area (Å²) >= 11 is 0. The van der Waals surface area contributed by atoms with Crippen molar-refractivity contribution in [2.75, 3.05) is 0 Å². The van der Waals surface area contributed by atoms with Crippen molar-refractivity contribution in [1.82, 2.24) is 14.8 Å². The zero-order valence-corrected chi connectivity index (χ0v) is 14.7. The molecule has 2 N–H and O–H groups in total. The SMILES string of the molecule is CCc1ccc(Cn2nc(CC(N)=O)nc2CCC=C(C)C)cc1. The van der Waals surface area contributed by atoms with Gasteiger partial charge in [-0.25, -0.2) is 9.67 Å². The predicted octanol–water partition coefficient (Wildman–Crippen LogP) is 2.82. The fraction of sp³-hybridized carbons (Fsp3) is 0.421. The molecule has 0 fully saturated rings. The summed E-state index contributed by atoms with van der Waals surface area (Å²) in [4.78, 5) is 15.6. The minimum atomic E-state index is -0.407. The van der Waals surface area contributed by atoms with Gasteiger partial charge in [0.1, 0.15) is 5.82 Å². The molecule has 0 atom stereocenters. The normalized spacial score (nSPS) is 10.6. The molecule has 2 aromatic rings. The van der Waals surface area contributed by atoms with Crippen LogP contribution in [0.4, 0.5) is 0 Å². The molecule has 0 aliphatic carbocycles. The van der Waals surface area contributed by atoms with Crippen LogP contribution in [0.15, 0.2) is 35.9 Å². The molecular formula is C19H26N4O. The first-order chi connectivity index (χ1) is 11.5. The van der Waals surface area contributed by atoms with Crippen LogP contribution in [0, 0.1) is 0 Å². The van der Waals surface area contributed by atoms with Crippen molar-refractivity contribution < 1.29 is 4.79 Å². The third-order valence-electron chi connectivity index (χ3n) is 3.81. The molecule has 0 aliphatic rings. The highest BCUT2D eigenvalue weighted by Crippen LogP contribution is 2.11. The van der Waals surface area contributed by atoms with Gasteiger partial charge in [-0.3, -0.25) is 4.79 Å². The predicted molar refractivity (Wildman–Crippen MR) is 95.6 cm³/mol. The number of aryl methyl sites for hydroxylation is 2. The summed E-state index contributed by atoms with van der Waals surface area (Å²) in [6, 6.07) is 8.52. The van der Waals surface area contributed by atoms with Crippen LogP contribution >= 0.6 is 0 Å². The van der Waals surface area contributed by atoms with E-state index in [1.165, 1.54) is 16.7 Å². The lowest BCUT2D eigenvalue weighted by atomic mass is 10.1. The summed E-state index contributed by atoms with van der Waals surface area (Å²) < 4.78 is 1.89. The summed E-state index contributed by atoms with van der Waals surface area (Å²) in [5.74, 6) is 0.985. The van der Waals surface area contributed by atoms with Crippen molar-refractivity contribution >= 4 is 5.91 Å². The molecule has 0 unspecified atom stereocenters. The number of hydrogen-bond donors (Lipinski definition) is 1. The number of amides is 1. The van der Waals surface area contributed by atoms with E-state index in [-0.39, 0.29) is 6.42 Å². The molecule has 1 aromatic heterocycles. The first-order valence-electron chi connectivity index (χ1n) is 8.40. The first-order valence-corrected chi connectivity index (χ1v) is 8.40. The van der Waals surface area contributed by atoms with Gasteiger partial charge in [-0.15, -0.1) is 0 Å². The summed E-state index contributed by atoms with van der Waals surface area (Å²) in [6.07, 6.45) is 5.00. The van der Waals surface area contributed by atoms with Crippen LogP contribution in [0.2, 0.25) is 0 Å². The van der Waals surface area contributed by atoms with Gasteiger partial charge in [-0.05, 0) is 37.8 Å². The molecular weight excluding hydrogens is 300 g/mol. The highest BCUT2D eigenvalue weighted by atomic mass is 16.1. The minimum Gasteiger partial charge on any atom is -0.369 e. The van der Waals surface area contributed by atoms with Gasteiger partial charge in [0, 0.05) is 6.42 Å². The number of allylic oxidation sites excluding steroid dienone is 2. The van der Waals surface area contributed by atoms with Gasteiger partial charge < -0.3 is 5.73 Å². The molecule has 0 aliphatic heterocycles. The van der Waals surface area contributed by atoms with Gasteiger partial charge in [0.2, 0.25) is 5.91 Å². The lowest BCUT2D eigenvalue weighted by molar-refractivity contribution is -0.117. The maximum absolute atomic E-state index is 11.1. The summed E-state index contributed by atoms with van der Waals surface area (Å²) in [5, 5.41) is 4.47. The Kier molecular flexibility index (Phi) is 6.29. The van der Waals surface area contributed by atoms with E-state index in [1.54, 1.807) is 0 Å². The van der Waals surface area contributed by atoms with Crippen LogP contribution in [0.1, 0.15) is 50.0 Å². The Balaban J connectivity index is 2.18. The van der Waals surface area contributed by atoms with E-state index in [0.717, 1.165) is 25.1 Å². The zero-order valence-electron chi connectivity index (χ0n) is 14.7. The molecule has 2 rings (SSSR count). The average molecular weight is 326 g/mol. The Morgan fingerprint density at radius 2 is 1.88 bits per heavy atom. The third-order valence-corrected chi connectivity index (χ3v) is 3.81. The van der Waals surface area contributed by atoms with Gasteiger partial charge >= 0.3 is 0 Å². The van der Waals surface area contributed by atoms with Gasteiger partial charge in [0.05, 0.1) is 13.0 Å². The van der Waals surface area contributed by atoms with Crippen LogP contribution in [0.3, 0.4) is 0 Å². The Hall–Kier alpha value is -2.43. The van der Waals surface area contributed by atoms with Crippen molar-refractivity contribution in [3.63, 3.8) is 0 Å². The Labute approximate surface area is 143 Å². The molecule has 1 aromatic carbocycles. The number of carbonyl (C=O) groups is 1. The molecule has 1 heterocycles. The number of nitrogens with zero attached hydrogens (tertiary/aromatic N) is 3. The standard InChI is InChI=1S/C19H26N4O/c1-4-15-8-10-16(11-9-15)13-23-19(7-5-6-14(2)3)21-18(22-23)12-17(20)24/h6,8-11H,4-5,7,12-13H2,1-3H3,(H2,20,24). The quantitative estimate of drug-likeness (QED) is 0.758. The van der Waals surface area contributed by atoms with E-state index in [1.807, 2.05) is 4.68 Å². The third kappa shape index (κ3) is 5.33. The lowest BCUT2D eigenvalue weighted by Crippen LogP contribution is -2.15. The van der Waals surface area contributed by atoms with Crippen LogP contribution in [0.25, 0.3) is 0 Å². The average Bonchev–Trinajstić information content (AvgIpc) is 2.88. The number of aromatic nitrogens is 3. The van der Waals surface area contributed by atoms with Gasteiger partial charge in [0.25, 0.3) is 0 Å². The zero-order chi connectivity index (χ0) is 17.5. The molecule has 1 amide bonds. The number of primary amides is 1. The second kappa shape index (κ2) is 8.43. The highest BCUT2D eigenvalue weighted by Gasteiger charge is 2.12. The summed E-state index contributed by atoms with van der Waals surface area (Å²) in [6.45, 7) is 6.96. The molecule has 0 bridgehead atoms. The fourth-order valence-electron chi connectivity index (χ4n) is 2.51. The van der Waals surface area contributed by atoms with Crippen LogP contribution in [0.5, 0.6) is 0 Å². The molecule has 0 radical (unpaired) electrons. The Morgan fingerprint density at radius 3 is 2.46 bits per heavy atom. The second-order valence-electron chi connectivity index (χ2n) is 6.24. The number of rotatable bonds is 8. The van der Waals surface area contributed by atoms with Crippen molar-refractivity contribution in [3.8, 4) is 0 Å². The fourth-order valence-corrected chi connectivity index (χ4v) is 2.51. The monoisotopic (exact) mass is 326 g/mol. The number of carbonyl (C=O) groups excluding carboxylic acids is 1. The smallest absolute Gasteiger partial charge is 0.225 e. The molecule has 0 saturated carbocycles. The van der Waals surface area contributed by atoms with Gasteiger partial charge in [-0.2, -0.15) is 5.10 Å². The summed E-state index contributed by atoms with van der Waals surface area (Å²) in [5.41, 5.74) is 9.04. The number of hydrogen-bond acceptors (Lipinski definition) is 3. The van der Waals surface area contributed by atoms with E-state index < -0.39 is 5.91 Å². The van der Waals surface area contributed by atoms with Crippen LogP contribution in [-0.4, -0.2) is 20.7 Å². The van der Waals surface area contributed by atoms with E-state index >= 15 is 0 Å². The molecule has 128 valence electrons. The van der Waals surface area contributed by atoms with E-state index in [4.69, 9.17) is 5.73 Å². The van der Waals surface area contributed by atoms with Gasteiger partial charge in [-0.1, -0.05) is 42.8 Å². The molecule has 5 nitrogen and oxygen atoms in total. The van der Waals surface area contributed by atoms with Crippen LogP contribution < -0.4 is 5.73 Å². The second-order valence-corrected chi connectivity index (χ2v) is 6.24. The molecule has 5 heteroatoms. The van der Waals surface area contributed by atoms with E-state index in [0.29, 0.717) is 12.4 Å². The lowest BCUT2D eigenvalue weighted by Gasteiger charge is -2.06. The van der Waals surface area contributed by atoms with Crippen molar-refractivity contribution in [3.05, 3.63) is 58.7 Å². The van der Waals surface area contributed by atoms with E-state index in [2.05, 4.69) is 61.2 Å². The van der Waals surface area contributed by atoms with Crippen molar-refractivity contribution in [1.29, 1.82) is 0 Å². The first kappa shape index (κ1) is 17.9. The number of benzene rings is 1. The molecule has 0 spiro atoms. The number of nitrogens with two attached hydrogens (primary N) is 1. The maximum Gasteiger partial charge on any atom is 0.225 e. The maximum atomic E-state index is 11.1. The van der Waals surface area contributed by atoms with Crippen molar-refractivity contribution in [2.45, 2.75) is 53.0 Å². The Morgan fingerprint density at radius 1 is 1.21 bits per heavy atom. The van der Waals surface area contributed by atoms with Gasteiger partial charge in [0.15, 0.2) is 5.82 Å². The topological polar surface area (TPSA) is 73.8 Å². The largest absolute Gasteiger partial charge is 0.369 e. The van der Waals surface area contributed by atoms with Crippen LogP contribution in [-0.2, 0) is 30.6 Å². The minimum absolute atomic E-state index is 0.0808. The molecule has 0 saturated heterocycles. The Bertz CT molecular complexity index is 709. The van der Waals surface area contributed by atoms with E-state index in [9.17, 15) is 4.79 Å².